The Morgan fingerprint density at radius 2 is 2.10 bits per heavy atom. The van der Waals surface area contributed by atoms with E-state index in [1.165, 1.54) is 0 Å². The van der Waals surface area contributed by atoms with Crippen LogP contribution < -0.4 is 0 Å². The molecule has 3 unspecified atom stereocenters. The molecule has 0 saturated carbocycles. The summed E-state index contributed by atoms with van der Waals surface area (Å²) >= 11 is 2.46. The van der Waals surface area contributed by atoms with Gasteiger partial charge in [-0.3, -0.25) is 0 Å². The quantitative estimate of drug-likeness (QED) is 0.278. The minimum absolute atomic E-state index is 0.0298. The van der Waals surface area contributed by atoms with Gasteiger partial charge in [0, 0.05) is 16.4 Å². The number of alkyl halides is 1. The molecule has 2 aliphatic rings. The zero-order valence-electron chi connectivity index (χ0n) is 13.2. The van der Waals surface area contributed by atoms with Gasteiger partial charge in [-0.25, -0.2) is 0 Å². The summed E-state index contributed by atoms with van der Waals surface area (Å²) in [6.45, 7) is 11.3. The number of unbranched alkanes of at least 4 members (excludes halogenated alkanes) is 1. The van der Waals surface area contributed by atoms with Gasteiger partial charge in [0.1, 0.15) is 6.10 Å². The van der Waals surface area contributed by atoms with Gasteiger partial charge in [0.05, 0.1) is 12.7 Å². The Morgan fingerprint density at radius 1 is 1.38 bits per heavy atom. The molecule has 0 spiro atoms. The van der Waals surface area contributed by atoms with Gasteiger partial charge in [0.25, 0.3) is 0 Å². The van der Waals surface area contributed by atoms with Crippen LogP contribution in [0.5, 0.6) is 0 Å². The highest BCUT2D eigenvalue weighted by atomic mass is 127. The van der Waals surface area contributed by atoms with E-state index in [0.717, 1.165) is 19.3 Å². The van der Waals surface area contributed by atoms with Crippen molar-refractivity contribution < 1.29 is 18.9 Å². The molecular weight excluding hydrogens is 383 g/mol. The van der Waals surface area contributed by atoms with E-state index in [9.17, 15) is 0 Å². The van der Waals surface area contributed by atoms with Gasteiger partial charge in [-0.15, -0.1) is 6.58 Å². The maximum absolute atomic E-state index is 6.15. The number of hydrogen-bond acceptors (Lipinski definition) is 4. The Bertz CT molecular complexity index is 347. The number of allylic oxidation sites excluding steroid dienone is 1. The van der Waals surface area contributed by atoms with Crippen LogP contribution in [-0.4, -0.2) is 41.4 Å². The van der Waals surface area contributed by atoms with Gasteiger partial charge in [0.2, 0.25) is 0 Å². The molecule has 2 fully saturated rings. The first-order chi connectivity index (χ1) is 9.98. The molecule has 2 rings (SSSR count). The predicted molar refractivity (Wildman–Crippen MR) is 90.5 cm³/mol. The van der Waals surface area contributed by atoms with Crippen molar-refractivity contribution in [1.29, 1.82) is 0 Å². The van der Waals surface area contributed by atoms with E-state index >= 15 is 0 Å². The molecule has 0 aliphatic carbocycles. The minimum atomic E-state index is -0.571. The third-order valence-electron chi connectivity index (χ3n) is 3.94. The van der Waals surface area contributed by atoms with E-state index in [1.807, 2.05) is 19.9 Å². The third-order valence-corrected chi connectivity index (χ3v) is 5.38. The SMILES string of the molecule is C=CCC(I)[C@@H]1CO[C@@H](OCCCC)C2OC(C)(C)OC21. The van der Waals surface area contributed by atoms with Crippen molar-refractivity contribution in [3.8, 4) is 0 Å². The summed E-state index contributed by atoms with van der Waals surface area (Å²) in [5.41, 5.74) is 0. The van der Waals surface area contributed by atoms with Gasteiger partial charge in [-0.2, -0.15) is 0 Å². The van der Waals surface area contributed by atoms with Gasteiger partial charge in [-0.1, -0.05) is 42.0 Å². The number of hydrogen-bond donors (Lipinski definition) is 0. The van der Waals surface area contributed by atoms with Crippen LogP contribution in [0.3, 0.4) is 0 Å². The van der Waals surface area contributed by atoms with Crippen molar-refractivity contribution in [3.05, 3.63) is 12.7 Å². The average molecular weight is 410 g/mol. The molecule has 0 aromatic rings. The van der Waals surface area contributed by atoms with E-state index in [4.69, 9.17) is 18.9 Å². The lowest BCUT2D eigenvalue weighted by molar-refractivity contribution is -0.239. The molecule has 122 valence electrons. The zero-order chi connectivity index (χ0) is 15.5. The normalized spacial score (nSPS) is 36.2. The van der Waals surface area contributed by atoms with E-state index in [-0.39, 0.29) is 18.5 Å². The number of ether oxygens (including phenoxy) is 4. The molecule has 0 N–H and O–H groups in total. The largest absolute Gasteiger partial charge is 0.350 e. The number of halogens is 1. The predicted octanol–water partition coefficient (Wildman–Crippen LogP) is 3.68. The van der Waals surface area contributed by atoms with Crippen molar-refractivity contribution in [3.63, 3.8) is 0 Å². The second-order valence-corrected chi connectivity index (χ2v) is 7.80. The van der Waals surface area contributed by atoms with Crippen molar-refractivity contribution in [2.75, 3.05) is 13.2 Å². The fourth-order valence-electron chi connectivity index (χ4n) is 2.89. The van der Waals surface area contributed by atoms with E-state index in [0.29, 0.717) is 23.1 Å². The van der Waals surface area contributed by atoms with E-state index < -0.39 is 5.79 Å². The highest BCUT2D eigenvalue weighted by molar-refractivity contribution is 14.1. The molecule has 2 aliphatic heterocycles. The lowest BCUT2D eigenvalue weighted by Crippen LogP contribution is -2.51. The number of fused-ring (bicyclic) bond motifs is 1. The van der Waals surface area contributed by atoms with Crippen LogP contribution in [0.15, 0.2) is 12.7 Å². The molecule has 0 radical (unpaired) electrons. The van der Waals surface area contributed by atoms with Crippen LogP contribution in [-0.2, 0) is 18.9 Å². The van der Waals surface area contributed by atoms with Crippen molar-refractivity contribution in [2.45, 2.75) is 68.2 Å². The van der Waals surface area contributed by atoms with Crippen LogP contribution in [0.25, 0.3) is 0 Å². The van der Waals surface area contributed by atoms with Crippen LogP contribution in [0.1, 0.15) is 40.0 Å². The summed E-state index contributed by atoms with van der Waals surface area (Å²) in [6.07, 6.45) is 4.63. The first-order valence-corrected chi connectivity index (χ1v) is 9.07. The van der Waals surface area contributed by atoms with Crippen LogP contribution >= 0.6 is 22.6 Å². The molecule has 0 amide bonds. The topological polar surface area (TPSA) is 36.9 Å². The van der Waals surface area contributed by atoms with E-state index in [2.05, 4.69) is 36.1 Å². The Labute approximate surface area is 141 Å². The highest BCUT2D eigenvalue weighted by Gasteiger charge is 2.53. The molecule has 0 aromatic carbocycles. The molecule has 0 aromatic heterocycles. The summed E-state index contributed by atoms with van der Waals surface area (Å²) in [5.74, 6) is -0.264. The fourth-order valence-corrected chi connectivity index (χ4v) is 3.86. The zero-order valence-corrected chi connectivity index (χ0v) is 15.4. The summed E-state index contributed by atoms with van der Waals surface area (Å²) in [7, 11) is 0. The molecule has 21 heavy (non-hydrogen) atoms. The van der Waals surface area contributed by atoms with Crippen molar-refractivity contribution in [1.82, 2.24) is 0 Å². The summed E-state index contributed by atoms with van der Waals surface area (Å²) < 4.78 is 24.4. The molecule has 2 saturated heterocycles. The van der Waals surface area contributed by atoms with Crippen molar-refractivity contribution in [2.24, 2.45) is 5.92 Å². The first-order valence-electron chi connectivity index (χ1n) is 7.82. The lowest BCUT2D eigenvalue weighted by Gasteiger charge is -2.38. The molecule has 5 heteroatoms. The molecule has 4 nitrogen and oxygen atoms in total. The van der Waals surface area contributed by atoms with Crippen LogP contribution in [0.2, 0.25) is 0 Å². The summed E-state index contributed by atoms with van der Waals surface area (Å²) in [5, 5.41) is 0. The van der Waals surface area contributed by atoms with Gasteiger partial charge < -0.3 is 18.9 Å². The fraction of sp³-hybridized carbons (Fsp3) is 0.875. The van der Waals surface area contributed by atoms with Crippen LogP contribution in [0.4, 0.5) is 0 Å². The second kappa shape index (κ2) is 7.73. The van der Waals surface area contributed by atoms with Crippen LogP contribution in [0, 0.1) is 5.92 Å². The summed E-state index contributed by atoms with van der Waals surface area (Å²) in [4.78, 5) is 0. The van der Waals surface area contributed by atoms with Crippen molar-refractivity contribution >= 4 is 22.6 Å². The maximum Gasteiger partial charge on any atom is 0.186 e. The second-order valence-electron chi connectivity index (χ2n) is 6.20. The maximum atomic E-state index is 6.15. The molecule has 0 bridgehead atoms. The standard InChI is InChI=1S/C16H27IO4/c1-5-7-9-18-15-14-13(20-16(3,4)21-14)11(10-19-15)12(17)8-6-2/h6,11-15H,2,5,7-10H2,1,3-4H3/t11-,12?,13?,14?,15+/m0/s1. The minimum Gasteiger partial charge on any atom is -0.350 e. The summed E-state index contributed by atoms with van der Waals surface area (Å²) in [6, 6.07) is 0. The van der Waals surface area contributed by atoms with Gasteiger partial charge >= 0.3 is 0 Å². The Hall–Kier alpha value is 0.310. The first kappa shape index (κ1) is 17.7. The molecule has 5 atom stereocenters. The van der Waals surface area contributed by atoms with Gasteiger partial charge in [-0.05, 0) is 26.7 Å². The highest BCUT2D eigenvalue weighted by Crippen LogP contribution is 2.41. The Balaban J connectivity index is 2.04. The lowest BCUT2D eigenvalue weighted by atomic mass is 9.91. The third kappa shape index (κ3) is 4.41. The smallest absolute Gasteiger partial charge is 0.186 e. The van der Waals surface area contributed by atoms with Gasteiger partial charge in [0.15, 0.2) is 12.1 Å². The van der Waals surface area contributed by atoms with E-state index in [1.54, 1.807) is 0 Å². The Kier molecular flexibility index (Phi) is 6.50. The molecular formula is C16H27IO4. The number of rotatable bonds is 7. The monoisotopic (exact) mass is 410 g/mol. The average Bonchev–Trinajstić information content (AvgIpc) is 2.74. The Morgan fingerprint density at radius 3 is 2.76 bits per heavy atom. The molecule has 2 heterocycles.